The Morgan fingerprint density at radius 2 is 1.87 bits per heavy atom. The van der Waals surface area contributed by atoms with Crippen LogP contribution in [0.1, 0.15) is 25.3 Å². The summed E-state index contributed by atoms with van der Waals surface area (Å²) >= 11 is 0. The van der Waals surface area contributed by atoms with Crippen LogP contribution in [0.5, 0.6) is 11.5 Å². The molecule has 1 aromatic heterocycles. The SMILES string of the molecule is C[C@@](O)(CO)[C@H]1CCCN(Cc2ccc(-c3cn(-c4ccc(OCC(F)(F)F)cc4)nn3)cc2OC(F)F)C1. The van der Waals surface area contributed by atoms with Gasteiger partial charge in [0.15, 0.2) is 6.61 Å². The highest BCUT2D eigenvalue weighted by Crippen LogP contribution is 2.32. The predicted octanol–water partition coefficient (Wildman–Crippen LogP) is 4.43. The molecule has 8 nitrogen and oxygen atoms in total. The van der Waals surface area contributed by atoms with Crippen molar-refractivity contribution in [1.29, 1.82) is 0 Å². The molecule has 2 heterocycles. The Morgan fingerprint density at radius 3 is 2.54 bits per heavy atom. The number of piperidine rings is 1. The zero-order chi connectivity index (χ0) is 28.2. The molecule has 13 heteroatoms. The molecule has 1 fully saturated rings. The fraction of sp³-hybridized carbons (Fsp3) is 0.462. The van der Waals surface area contributed by atoms with E-state index < -0.39 is 25.0 Å². The zero-order valence-electron chi connectivity index (χ0n) is 21.1. The van der Waals surface area contributed by atoms with Crippen LogP contribution >= 0.6 is 0 Å². The minimum absolute atomic E-state index is 0.0146. The minimum Gasteiger partial charge on any atom is -0.484 e. The Morgan fingerprint density at radius 1 is 1.13 bits per heavy atom. The molecular weight excluding hydrogens is 527 g/mol. The lowest BCUT2D eigenvalue weighted by molar-refractivity contribution is -0.153. The summed E-state index contributed by atoms with van der Waals surface area (Å²) in [6.45, 7) is -1.70. The van der Waals surface area contributed by atoms with Gasteiger partial charge >= 0.3 is 12.8 Å². The van der Waals surface area contributed by atoms with E-state index in [1.807, 2.05) is 4.90 Å². The van der Waals surface area contributed by atoms with Gasteiger partial charge in [-0.2, -0.15) is 22.0 Å². The number of hydrogen-bond donors (Lipinski definition) is 2. The van der Waals surface area contributed by atoms with E-state index in [0.717, 1.165) is 12.8 Å². The summed E-state index contributed by atoms with van der Waals surface area (Å²) in [5.41, 5.74) is 0.658. The third kappa shape index (κ3) is 7.64. The van der Waals surface area contributed by atoms with Crippen LogP contribution in [0.15, 0.2) is 48.7 Å². The van der Waals surface area contributed by atoms with Crippen molar-refractivity contribution in [2.45, 2.75) is 44.7 Å². The van der Waals surface area contributed by atoms with E-state index in [9.17, 15) is 32.2 Å². The molecule has 0 amide bonds. The third-order valence-corrected chi connectivity index (χ3v) is 6.68. The fourth-order valence-corrected chi connectivity index (χ4v) is 4.51. The molecule has 3 aromatic rings. The summed E-state index contributed by atoms with van der Waals surface area (Å²) in [4.78, 5) is 2.03. The molecule has 1 saturated heterocycles. The largest absolute Gasteiger partial charge is 0.484 e. The van der Waals surface area contributed by atoms with Crippen molar-refractivity contribution in [3.05, 3.63) is 54.2 Å². The highest BCUT2D eigenvalue weighted by atomic mass is 19.4. The topological polar surface area (TPSA) is 92.9 Å². The van der Waals surface area contributed by atoms with Crippen molar-refractivity contribution < 1.29 is 41.6 Å². The highest BCUT2D eigenvalue weighted by Gasteiger charge is 2.35. The van der Waals surface area contributed by atoms with E-state index in [2.05, 4.69) is 10.3 Å². The molecule has 39 heavy (non-hydrogen) atoms. The van der Waals surface area contributed by atoms with Crippen molar-refractivity contribution in [1.82, 2.24) is 19.9 Å². The number of nitrogens with zero attached hydrogens (tertiary/aromatic N) is 4. The molecule has 0 saturated carbocycles. The van der Waals surface area contributed by atoms with E-state index in [-0.39, 0.29) is 24.0 Å². The summed E-state index contributed by atoms with van der Waals surface area (Å²) in [7, 11) is 0. The molecule has 2 N–H and O–H groups in total. The van der Waals surface area contributed by atoms with Crippen LogP contribution in [0.25, 0.3) is 16.9 Å². The molecule has 1 aliphatic heterocycles. The standard InChI is InChI=1S/C26H29F5N4O4/c1-25(37,15-36)19-3-2-10-34(13-19)12-18-5-4-17(11-23(18)39-24(27)28)22-14-35(33-32-22)20-6-8-21(9-7-20)38-16-26(29,30)31/h4-9,11,14,19,24,36-37H,2-3,10,12-13,15-16H2,1H3/t19-,25+/m0/s1. The molecule has 212 valence electrons. The first-order valence-corrected chi connectivity index (χ1v) is 12.3. The van der Waals surface area contributed by atoms with Gasteiger partial charge in [-0.3, -0.25) is 4.90 Å². The summed E-state index contributed by atoms with van der Waals surface area (Å²) < 4.78 is 74.5. The first-order valence-electron chi connectivity index (χ1n) is 12.3. The smallest absolute Gasteiger partial charge is 0.422 e. The molecule has 2 atom stereocenters. The summed E-state index contributed by atoms with van der Waals surface area (Å²) in [5, 5.41) is 28.1. The molecule has 0 aliphatic carbocycles. The zero-order valence-corrected chi connectivity index (χ0v) is 21.1. The van der Waals surface area contributed by atoms with Crippen LogP contribution < -0.4 is 9.47 Å². The summed E-state index contributed by atoms with van der Waals surface area (Å²) in [6, 6.07) is 10.6. The number of hydrogen-bond acceptors (Lipinski definition) is 7. The van der Waals surface area contributed by atoms with Crippen molar-refractivity contribution in [2.24, 2.45) is 5.92 Å². The Bertz CT molecular complexity index is 1230. The molecule has 0 bridgehead atoms. The quantitative estimate of drug-likeness (QED) is 0.357. The van der Waals surface area contributed by atoms with Gasteiger partial charge in [0.25, 0.3) is 0 Å². The van der Waals surface area contributed by atoms with Gasteiger partial charge in [-0.05, 0) is 56.6 Å². The number of benzene rings is 2. The Labute approximate surface area is 221 Å². The number of aliphatic hydroxyl groups is 2. The lowest BCUT2D eigenvalue weighted by atomic mass is 9.83. The van der Waals surface area contributed by atoms with E-state index in [1.54, 1.807) is 25.3 Å². The summed E-state index contributed by atoms with van der Waals surface area (Å²) in [6.07, 6.45) is -1.34. The van der Waals surface area contributed by atoms with Gasteiger partial charge in [-0.1, -0.05) is 17.3 Å². The maximum Gasteiger partial charge on any atom is 0.422 e. The number of aromatic nitrogens is 3. The maximum atomic E-state index is 13.3. The number of ether oxygens (including phenoxy) is 2. The van der Waals surface area contributed by atoms with Crippen LogP contribution in [0.2, 0.25) is 0 Å². The average Bonchev–Trinajstić information content (AvgIpc) is 3.39. The lowest BCUT2D eigenvalue weighted by Crippen LogP contribution is -2.47. The Hall–Kier alpha value is -3.29. The Balaban J connectivity index is 1.50. The van der Waals surface area contributed by atoms with Crippen LogP contribution in [0, 0.1) is 5.92 Å². The van der Waals surface area contributed by atoms with Gasteiger partial charge in [0, 0.05) is 30.1 Å². The van der Waals surface area contributed by atoms with Gasteiger partial charge in [0.2, 0.25) is 0 Å². The first-order chi connectivity index (χ1) is 18.4. The normalized spacial score (nSPS) is 18.2. The van der Waals surface area contributed by atoms with E-state index in [0.29, 0.717) is 42.1 Å². The fourth-order valence-electron chi connectivity index (χ4n) is 4.51. The molecule has 0 radical (unpaired) electrons. The monoisotopic (exact) mass is 556 g/mol. The van der Waals surface area contributed by atoms with E-state index in [4.69, 9.17) is 9.47 Å². The van der Waals surface area contributed by atoms with Crippen molar-refractivity contribution in [3.8, 4) is 28.4 Å². The molecular formula is C26H29F5N4O4. The van der Waals surface area contributed by atoms with E-state index in [1.165, 1.54) is 35.0 Å². The van der Waals surface area contributed by atoms with E-state index >= 15 is 0 Å². The molecule has 2 aromatic carbocycles. The van der Waals surface area contributed by atoms with Crippen molar-refractivity contribution in [3.63, 3.8) is 0 Å². The summed E-state index contributed by atoms with van der Waals surface area (Å²) in [5.74, 6) is -0.129. The van der Waals surface area contributed by atoms with Crippen molar-refractivity contribution >= 4 is 0 Å². The number of halogens is 5. The van der Waals surface area contributed by atoms with Crippen LogP contribution in [0.3, 0.4) is 0 Å². The van der Waals surface area contributed by atoms with Gasteiger partial charge in [-0.25, -0.2) is 4.68 Å². The number of aliphatic hydroxyl groups excluding tert-OH is 1. The van der Waals surface area contributed by atoms with Crippen LogP contribution in [0.4, 0.5) is 22.0 Å². The number of rotatable bonds is 10. The third-order valence-electron chi connectivity index (χ3n) is 6.68. The highest BCUT2D eigenvalue weighted by molar-refractivity contribution is 5.62. The second-order valence-corrected chi connectivity index (χ2v) is 9.74. The minimum atomic E-state index is -4.45. The molecule has 0 unspecified atom stereocenters. The van der Waals surface area contributed by atoms with Crippen LogP contribution in [-0.2, 0) is 6.54 Å². The first kappa shape index (κ1) is 28.7. The predicted molar refractivity (Wildman–Crippen MR) is 131 cm³/mol. The van der Waals surface area contributed by atoms with Crippen LogP contribution in [-0.4, -0.2) is 74.8 Å². The van der Waals surface area contributed by atoms with Gasteiger partial charge < -0.3 is 19.7 Å². The number of likely N-dealkylation sites (tertiary alicyclic amines) is 1. The van der Waals surface area contributed by atoms with Gasteiger partial charge in [0.1, 0.15) is 17.2 Å². The second-order valence-electron chi connectivity index (χ2n) is 9.74. The molecule has 1 aliphatic rings. The van der Waals surface area contributed by atoms with Crippen molar-refractivity contribution in [2.75, 3.05) is 26.3 Å². The molecule has 0 spiro atoms. The number of alkyl halides is 5. The second kappa shape index (κ2) is 11.8. The van der Waals surface area contributed by atoms with Gasteiger partial charge in [-0.15, -0.1) is 5.10 Å². The molecule has 4 rings (SSSR count). The average molecular weight is 557 g/mol. The lowest BCUT2D eigenvalue weighted by Gasteiger charge is -2.39. The Kier molecular flexibility index (Phi) is 8.72. The maximum absolute atomic E-state index is 13.3. The van der Waals surface area contributed by atoms with Gasteiger partial charge in [0.05, 0.1) is 24.1 Å².